The Labute approximate surface area is 137 Å². The Balaban J connectivity index is 1.56. The van der Waals surface area contributed by atoms with Crippen molar-refractivity contribution in [1.82, 2.24) is 9.88 Å². The summed E-state index contributed by atoms with van der Waals surface area (Å²) in [7, 11) is 0. The molecule has 128 valence electrons. The van der Waals surface area contributed by atoms with Crippen molar-refractivity contribution in [2.24, 2.45) is 0 Å². The van der Waals surface area contributed by atoms with E-state index in [0.717, 1.165) is 37.5 Å². The van der Waals surface area contributed by atoms with E-state index in [0.29, 0.717) is 18.9 Å². The van der Waals surface area contributed by atoms with Gasteiger partial charge in [-0.2, -0.15) is 13.2 Å². The largest absolute Gasteiger partial charge is 0.417 e. The second-order valence-corrected chi connectivity index (χ2v) is 5.79. The third kappa shape index (κ3) is 4.03. The van der Waals surface area contributed by atoms with Gasteiger partial charge >= 0.3 is 6.18 Å². The Kier molecular flexibility index (Phi) is 4.71. The molecular formula is C17H17F4N3. The van der Waals surface area contributed by atoms with Crippen LogP contribution in [-0.2, 0) is 12.7 Å². The molecule has 0 N–H and O–H groups in total. The van der Waals surface area contributed by atoms with Crippen LogP contribution in [0.4, 0.5) is 23.4 Å². The molecular weight excluding hydrogens is 322 g/mol. The Bertz CT molecular complexity index is 660. The molecule has 1 aromatic heterocycles. The molecule has 24 heavy (non-hydrogen) atoms. The summed E-state index contributed by atoms with van der Waals surface area (Å²) in [6.45, 7) is 3.67. The second-order valence-electron chi connectivity index (χ2n) is 5.79. The maximum absolute atomic E-state index is 12.9. The number of halogens is 4. The van der Waals surface area contributed by atoms with Crippen LogP contribution in [0.2, 0.25) is 0 Å². The number of rotatable bonds is 3. The van der Waals surface area contributed by atoms with Gasteiger partial charge in [0.25, 0.3) is 0 Å². The van der Waals surface area contributed by atoms with Crippen LogP contribution < -0.4 is 4.90 Å². The quantitative estimate of drug-likeness (QED) is 0.797. The number of pyridine rings is 1. The summed E-state index contributed by atoms with van der Waals surface area (Å²) in [5.74, 6) is 0.307. The molecule has 1 aromatic carbocycles. The monoisotopic (exact) mass is 339 g/mol. The number of aromatic nitrogens is 1. The van der Waals surface area contributed by atoms with Crippen molar-refractivity contribution in [2.45, 2.75) is 12.7 Å². The maximum Gasteiger partial charge on any atom is 0.417 e. The summed E-state index contributed by atoms with van der Waals surface area (Å²) in [6.07, 6.45) is -3.49. The second kappa shape index (κ2) is 6.76. The number of hydrogen-bond acceptors (Lipinski definition) is 3. The summed E-state index contributed by atoms with van der Waals surface area (Å²) in [5.41, 5.74) is 0.304. The minimum Gasteiger partial charge on any atom is -0.354 e. The highest BCUT2D eigenvalue weighted by Crippen LogP contribution is 2.29. The third-order valence-corrected chi connectivity index (χ3v) is 4.09. The van der Waals surface area contributed by atoms with E-state index >= 15 is 0 Å². The van der Waals surface area contributed by atoms with Gasteiger partial charge in [0.2, 0.25) is 0 Å². The topological polar surface area (TPSA) is 19.4 Å². The van der Waals surface area contributed by atoms with E-state index in [2.05, 4.69) is 9.88 Å². The summed E-state index contributed by atoms with van der Waals surface area (Å²) < 4.78 is 50.6. The number of piperazine rings is 1. The van der Waals surface area contributed by atoms with Crippen molar-refractivity contribution >= 4 is 5.82 Å². The zero-order valence-electron chi connectivity index (χ0n) is 12.9. The van der Waals surface area contributed by atoms with Crippen molar-refractivity contribution in [3.63, 3.8) is 0 Å². The lowest BCUT2D eigenvalue weighted by Gasteiger charge is -2.35. The first-order valence-corrected chi connectivity index (χ1v) is 7.67. The van der Waals surface area contributed by atoms with E-state index in [9.17, 15) is 17.6 Å². The number of hydrogen-bond donors (Lipinski definition) is 0. The molecule has 0 atom stereocenters. The molecule has 0 radical (unpaired) electrons. The third-order valence-electron chi connectivity index (χ3n) is 4.09. The number of nitrogens with zero attached hydrogens (tertiary/aromatic N) is 3. The average Bonchev–Trinajstić information content (AvgIpc) is 2.57. The van der Waals surface area contributed by atoms with Gasteiger partial charge in [-0.25, -0.2) is 9.37 Å². The van der Waals surface area contributed by atoms with Crippen molar-refractivity contribution in [3.05, 3.63) is 59.5 Å². The molecule has 0 unspecified atom stereocenters. The van der Waals surface area contributed by atoms with Gasteiger partial charge < -0.3 is 4.90 Å². The molecule has 0 spiro atoms. The molecule has 1 aliphatic rings. The molecule has 2 aromatic rings. The smallest absolute Gasteiger partial charge is 0.354 e. The molecule has 3 rings (SSSR count). The first-order chi connectivity index (χ1) is 11.4. The lowest BCUT2D eigenvalue weighted by Crippen LogP contribution is -2.46. The highest BCUT2D eigenvalue weighted by molar-refractivity contribution is 5.40. The van der Waals surface area contributed by atoms with Crippen molar-refractivity contribution in [1.29, 1.82) is 0 Å². The van der Waals surface area contributed by atoms with Gasteiger partial charge in [-0.05, 0) is 29.8 Å². The zero-order chi connectivity index (χ0) is 17.2. The van der Waals surface area contributed by atoms with Gasteiger partial charge in [0.15, 0.2) is 0 Å². The predicted octanol–water partition coefficient (Wildman–Crippen LogP) is 3.56. The molecule has 0 aliphatic carbocycles. The van der Waals surface area contributed by atoms with Gasteiger partial charge in [-0.3, -0.25) is 4.90 Å². The van der Waals surface area contributed by atoms with Gasteiger partial charge in [0, 0.05) is 38.9 Å². The van der Waals surface area contributed by atoms with Crippen molar-refractivity contribution in [3.8, 4) is 0 Å². The number of alkyl halides is 3. The molecule has 3 nitrogen and oxygen atoms in total. The fraction of sp³-hybridized carbons (Fsp3) is 0.353. The first-order valence-electron chi connectivity index (χ1n) is 7.67. The molecule has 1 aliphatic heterocycles. The zero-order valence-corrected chi connectivity index (χ0v) is 12.9. The first kappa shape index (κ1) is 16.7. The Morgan fingerprint density at radius 3 is 2.12 bits per heavy atom. The molecule has 7 heteroatoms. The van der Waals surface area contributed by atoms with Crippen LogP contribution in [0.15, 0.2) is 42.6 Å². The lowest BCUT2D eigenvalue weighted by molar-refractivity contribution is -0.137. The van der Waals surface area contributed by atoms with Crippen molar-refractivity contribution < 1.29 is 17.6 Å². The van der Waals surface area contributed by atoms with Crippen LogP contribution in [0.1, 0.15) is 11.1 Å². The summed E-state index contributed by atoms with van der Waals surface area (Å²) in [5, 5.41) is 0. The van der Waals surface area contributed by atoms with Crippen LogP contribution in [0.3, 0.4) is 0 Å². The molecule has 0 saturated carbocycles. The van der Waals surface area contributed by atoms with Crippen LogP contribution in [0.25, 0.3) is 0 Å². The Morgan fingerprint density at radius 2 is 1.58 bits per heavy atom. The summed E-state index contributed by atoms with van der Waals surface area (Å²) in [4.78, 5) is 8.14. The van der Waals surface area contributed by atoms with Crippen LogP contribution in [-0.4, -0.2) is 36.1 Å². The van der Waals surface area contributed by atoms with Crippen LogP contribution >= 0.6 is 0 Å². The van der Waals surface area contributed by atoms with Gasteiger partial charge in [0.05, 0.1) is 5.56 Å². The maximum atomic E-state index is 12.9. The van der Waals surface area contributed by atoms with E-state index in [1.165, 1.54) is 18.2 Å². The van der Waals surface area contributed by atoms with Crippen LogP contribution in [0.5, 0.6) is 0 Å². The van der Waals surface area contributed by atoms with Gasteiger partial charge in [-0.1, -0.05) is 12.1 Å². The van der Waals surface area contributed by atoms with E-state index in [1.807, 2.05) is 4.90 Å². The SMILES string of the molecule is Fc1ccc(CN2CCN(c3ccc(C(F)(F)F)cn3)CC2)cc1. The van der Waals surface area contributed by atoms with E-state index in [1.54, 1.807) is 12.1 Å². The highest BCUT2D eigenvalue weighted by Gasteiger charge is 2.31. The molecule has 0 amide bonds. The van der Waals surface area contributed by atoms with Gasteiger partial charge in [0.1, 0.15) is 11.6 Å². The van der Waals surface area contributed by atoms with E-state index < -0.39 is 11.7 Å². The minimum atomic E-state index is -4.36. The Hall–Kier alpha value is -2.15. The normalized spacial score (nSPS) is 16.4. The number of benzene rings is 1. The fourth-order valence-corrected chi connectivity index (χ4v) is 2.72. The lowest BCUT2D eigenvalue weighted by atomic mass is 10.2. The number of anilines is 1. The summed E-state index contributed by atoms with van der Waals surface area (Å²) in [6, 6.07) is 8.89. The molecule has 1 saturated heterocycles. The van der Waals surface area contributed by atoms with Gasteiger partial charge in [-0.15, -0.1) is 0 Å². The van der Waals surface area contributed by atoms with E-state index in [4.69, 9.17) is 0 Å². The van der Waals surface area contributed by atoms with E-state index in [-0.39, 0.29) is 5.82 Å². The molecule has 2 heterocycles. The minimum absolute atomic E-state index is 0.253. The fourth-order valence-electron chi connectivity index (χ4n) is 2.72. The molecule has 1 fully saturated rings. The molecule has 0 bridgehead atoms. The van der Waals surface area contributed by atoms with Crippen LogP contribution in [0, 0.1) is 5.82 Å². The predicted molar refractivity (Wildman–Crippen MR) is 83.1 cm³/mol. The average molecular weight is 339 g/mol. The van der Waals surface area contributed by atoms with Crippen molar-refractivity contribution in [2.75, 3.05) is 31.1 Å². The Morgan fingerprint density at radius 1 is 0.917 bits per heavy atom. The standard InChI is InChI=1S/C17H17F4N3/c18-15-4-1-13(2-5-15)12-23-7-9-24(10-8-23)16-6-3-14(11-22-16)17(19,20)21/h1-6,11H,7-10,12H2. The highest BCUT2D eigenvalue weighted by atomic mass is 19.4. The summed E-state index contributed by atoms with van der Waals surface area (Å²) >= 11 is 0.